The molecule has 0 bridgehead atoms. The second-order valence-corrected chi connectivity index (χ2v) is 7.71. The van der Waals surface area contributed by atoms with E-state index in [1.54, 1.807) is 18.0 Å². The van der Waals surface area contributed by atoms with Crippen molar-refractivity contribution in [2.75, 3.05) is 25.0 Å². The van der Waals surface area contributed by atoms with E-state index in [1.165, 1.54) is 5.56 Å². The number of carbonyl (C=O) groups is 2. The van der Waals surface area contributed by atoms with Crippen molar-refractivity contribution in [3.8, 4) is 0 Å². The van der Waals surface area contributed by atoms with Gasteiger partial charge in [0.2, 0.25) is 5.91 Å². The monoisotopic (exact) mass is 392 g/mol. The number of likely N-dealkylation sites (N-methyl/N-ethyl adjacent to an activating group) is 1. The van der Waals surface area contributed by atoms with Gasteiger partial charge in [0, 0.05) is 38.4 Å². The molecule has 0 radical (unpaired) electrons. The molecule has 0 unspecified atom stereocenters. The molecule has 0 aliphatic carbocycles. The molecule has 1 aliphatic heterocycles. The van der Waals surface area contributed by atoms with Crippen molar-refractivity contribution in [1.82, 2.24) is 4.90 Å². The average molecular weight is 392 g/mol. The number of carboxylic acids is 1. The Morgan fingerprint density at radius 1 is 1.14 bits per heavy atom. The van der Waals surface area contributed by atoms with Gasteiger partial charge in [0.25, 0.3) is 0 Å². The number of nitrogens with zero attached hydrogens (tertiary/aromatic N) is 2. The van der Waals surface area contributed by atoms with E-state index < -0.39 is 5.97 Å². The second kappa shape index (κ2) is 9.41. The maximum Gasteiger partial charge on any atom is 0.306 e. The van der Waals surface area contributed by atoms with E-state index in [2.05, 4.69) is 11.0 Å². The third-order valence-corrected chi connectivity index (χ3v) is 5.41. The minimum absolute atomic E-state index is 0.0433. The van der Waals surface area contributed by atoms with Gasteiger partial charge in [-0.05, 0) is 49.1 Å². The Morgan fingerprint density at radius 2 is 1.83 bits per heavy atom. The first-order chi connectivity index (χ1) is 13.9. The number of piperidine rings is 1. The van der Waals surface area contributed by atoms with Crippen molar-refractivity contribution in [3.05, 3.63) is 71.3 Å². The minimum atomic E-state index is -0.697. The zero-order valence-electron chi connectivity index (χ0n) is 17.0. The number of benzene rings is 2. The highest BCUT2D eigenvalue weighted by molar-refractivity contribution is 5.91. The number of carbonyl (C=O) groups excluding carboxylic acids is 1. The van der Waals surface area contributed by atoms with Gasteiger partial charge in [-0.1, -0.05) is 42.0 Å². The van der Waals surface area contributed by atoms with E-state index in [-0.39, 0.29) is 11.8 Å². The molecule has 1 heterocycles. The van der Waals surface area contributed by atoms with Gasteiger partial charge >= 0.3 is 5.97 Å². The zero-order chi connectivity index (χ0) is 20.8. The van der Waals surface area contributed by atoms with Gasteiger partial charge in [0.15, 0.2) is 0 Å². The van der Waals surface area contributed by atoms with E-state index in [1.807, 2.05) is 55.5 Å². The molecule has 0 aromatic heterocycles. The number of rotatable bonds is 6. The largest absolute Gasteiger partial charge is 0.481 e. The van der Waals surface area contributed by atoms with Gasteiger partial charge in [-0.3, -0.25) is 9.59 Å². The molecule has 1 aliphatic rings. The Kier molecular flexibility index (Phi) is 6.70. The van der Waals surface area contributed by atoms with Crippen LogP contribution in [0.1, 0.15) is 29.5 Å². The first-order valence-corrected chi connectivity index (χ1v) is 9.99. The normalized spacial score (nSPS) is 14.9. The van der Waals surface area contributed by atoms with E-state index in [4.69, 9.17) is 5.11 Å². The van der Waals surface area contributed by atoms with E-state index >= 15 is 0 Å². The second-order valence-electron chi connectivity index (χ2n) is 7.71. The molecule has 0 atom stereocenters. The summed E-state index contributed by atoms with van der Waals surface area (Å²) in [5, 5.41) is 9.16. The number of amides is 1. The van der Waals surface area contributed by atoms with Crippen molar-refractivity contribution in [1.29, 1.82) is 0 Å². The molecule has 0 saturated carbocycles. The Hall–Kier alpha value is -3.08. The third-order valence-electron chi connectivity index (χ3n) is 5.41. The van der Waals surface area contributed by atoms with Gasteiger partial charge in [-0.2, -0.15) is 0 Å². The van der Waals surface area contributed by atoms with E-state index in [0.29, 0.717) is 19.4 Å². The number of hydrogen-bond donors (Lipinski definition) is 1. The number of anilines is 1. The van der Waals surface area contributed by atoms with Crippen LogP contribution in [0.5, 0.6) is 0 Å². The molecule has 1 N–H and O–H groups in total. The first-order valence-electron chi connectivity index (χ1n) is 9.99. The van der Waals surface area contributed by atoms with Crippen LogP contribution < -0.4 is 4.90 Å². The number of aliphatic carboxylic acids is 1. The average Bonchev–Trinajstić information content (AvgIpc) is 2.73. The van der Waals surface area contributed by atoms with Crippen LogP contribution in [0.2, 0.25) is 0 Å². The Bertz CT molecular complexity index is 881. The molecule has 2 aromatic carbocycles. The summed E-state index contributed by atoms with van der Waals surface area (Å²) in [5.41, 5.74) is 4.34. The summed E-state index contributed by atoms with van der Waals surface area (Å²) < 4.78 is 0. The molecule has 29 heavy (non-hydrogen) atoms. The fourth-order valence-electron chi connectivity index (χ4n) is 3.56. The van der Waals surface area contributed by atoms with Crippen molar-refractivity contribution < 1.29 is 14.7 Å². The zero-order valence-corrected chi connectivity index (χ0v) is 17.0. The van der Waals surface area contributed by atoms with Crippen LogP contribution in [-0.2, 0) is 16.1 Å². The van der Waals surface area contributed by atoms with Crippen LogP contribution >= 0.6 is 0 Å². The summed E-state index contributed by atoms with van der Waals surface area (Å²) in [4.78, 5) is 27.5. The SMILES string of the molecule is Cc1ccc(/C=C/C(=O)N(C)Cc2cccc(N3CCC(C(=O)O)CC3)c2)cc1. The van der Waals surface area contributed by atoms with Gasteiger partial charge < -0.3 is 14.9 Å². The fraction of sp³-hybridized carbons (Fsp3) is 0.333. The lowest BCUT2D eigenvalue weighted by atomic mass is 9.96. The van der Waals surface area contributed by atoms with Crippen LogP contribution in [-0.4, -0.2) is 42.0 Å². The van der Waals surface area contributed by atoms with Gasteiger partial charge in [0.1, 0.15) is 0 Å². The highest BCUT2D eigenvalue weighted by Crippen LogP contribution is 2.24. The summed E-state index contributed by atoms with van der Waals surface area (Å²) in [5.74, 6) is -0.978. The Balaban J connectivity index is 1.58. The molecular weight excluding hydrogens is 364 g/mol. The lowest BCUT2D eigenvalue weighted by Gasteiger charge is -2.32. The summed E-state index contributed by atoms with van der Waals surface area (Å²) in [7, 11) is 1.80. The maximum atomic E-state index is 12.4. The van der Waals surface area contributed by atoms with Crippen molar-refractivity contribution in [2.24, 2.45) is 5.92 Å². The predicted molar refractivity (Wildman–Crippen MR) is 116 cm³/mol. The highest BCUT2D eigenvalue weighted by Gasteiger charge is 2.24. The molecule has 152 valence electrons. The molecule has 1 fully saturated rings. The summed E-state index contributed by atoms with van der Waals surface area (Å²) in [6.07, 6.45) is 4.77. The Morgan fingerprint density at radius 3 is 2.48 bits per heavy atom. The van der Waals surface area contributed by atoms with E-state index in [0.717, 1.165) is 29.9 Å². The van der Waals surface area contributed by atoms with Gasteiger partial charge in [0.05, 0.1) is 5.92 Å². The molecule has 1 saturated heterocycles. The third kappa shape index (κ3) is 5.70. The predicted octanol–water partition coefficient (Wildman–Crippen LogP) is 3.97. The lowest BCUT2D eigenvalue weighted by molar-refractivity contribution is -0.142. The molecule has 5 heteroatoms. The molecule has 0 spiro atoms. The standard InChI is InChI=1S/C24H28N2O3/c1-18-6-8-19(9-7-18)10-11-23(27)25(2)17-20-4-3-5-22(16-20)26-14-12-21(13-15-26)24(28)29/h3-11,16,21H,12-15,17H2,1-2H3,(H,28,29)/b11-10+. The quantitative estimate of drug-likeness (QED) is 0.756. The van der Waals surface area contributed by atoms with Crippen LogP contribution in [0.3, 0.4) is 0 Å². The van der Waals surface area contributed by atoms with Gasteiger partial charge in [-0.25, -0.2) is 0 Å². The van der Waals surface area contributed by atoms with Crippen LogP contribution in [0, 0.1) is 12.8 Å². The molecule has 5 nitrogen and oxygen atoms in total. The van der Waals surface area contributed by atoms with Crippen LogP contribution in [0.4, 0.5) is 5.69 Å². The Labute approximate surface area is 172 Å². The first kappa shape index (κ1) is 20.6. The van der Waals surface area contributed by atoms with Gasteiger partial charge in [-0.15, -0.1) is 0 Å². The minimum Gasteiger partial charge on any atom is -0.481 e. The van der Waals surface area contributed by atoms with Crippen molar-refractivity contribution in [3.63, 3.8) is 0 Å². The topological polar surface area (TPSA) is 60.9 Å². The van der Waals surface area contributed by atoms with Crippen molar-refractivity contribution >= 4 is 23.6 Å². The summed E-state index contributed by atoms with van der Waals surface area (Å²) >= 11 is 0. The molecular formula is C24H28N2O3. The number of aryl methyl sites for hydroxylation is 1. The highest BCUT2D eigenvalue weighted by atomic mass is 16.4. The fourth-order valence-corrected chi connectivity index (χ4v) is 3.56. The van der Waals surface area contributed by atoms with Crippen molar-refractivity contribution in [2.45, 2.75) is 26.3 Å². The maximum absolute atomic E-state index is 12.4. The van der Waals surface area contributed by atoms with Crippen LogP contribution in [0.25, 0.3) is 6.08 Å². The number of carboxylic acid groups (broad SMARTS) is 1. The molecule has 2 aromatic rings. The molecule has 3 rings (SSSR count). The van der Waals surface area contributed by atoms with Crippen LogP contribution in [0.15, 0.2) is 54.6 Å². The smallest absolute Gasteiger partial charge is 0.306 e. The lowest BCUT2D eigenvalue weighted by Crippen LogP contribution is -2.36. The summed E-state index contributed by atoms with van der Waals surface area (Å²) in [6.45, 7) is 4.05. The summed E-state index contributed by atoms with van der Waals surface area (Å²) in [6, 6.07) is 16.2. The number of hydrogen-bond acceptors (Lipinski definition) is 3. The molecule has 1 amide bonds. The van der Waals surface area contributed by atoms with E-state index in [9.17, 15) is 9.59 Å².